The molecule has 0 fully saturated rings. The van der Waals surface area contributed by atoms with Gasteiger partial charge >= 0.3 is 0 Å². The van der Waals surface area contributed by atoms with Gasteiger partial charge in [-0.15, -0.1) is 6.58 Å². The molecule has 0 heterocycles. The molecule has 0 radical (unpaired) electrons. The van der Waals surface area contributed by atoms with Gasteiger partial charge in [-0.25, -0.2) is 0 Å². The number of aliphatic hydroxyl groups excluding tert-OH is 1. The smallest absolute Gasteiger partial charge is 0.238 e. The number of carbonyl (C=O) groups is 1. The number of nitrogens with one attached hydrogen (secondary N) is 1. The van der Waals surface area contributed by atoms with E-state index in [2.05, 4.69) is 11.9 Å². The van der Waals surface area contributed by atoms with Gasteiger partial charge < -0.3 is 10.4 Å². The number of halogens is 1. The molecule has 2 N–H and O–H groups in total. The molecule has 0 aliphatic heterocycles. The Kier molecular flexibility index (Phi) is 6.43. The third-order valence-corrected chi connectivity index (χ3v) is 2.65. The first kappa shape index (κ1) is 14.7. The van der Waals surface area contributed by atoms with Crippen LogP contribution in [-0.4, -0.2) is 42.2 Å². The lowest BCUT2D eigenvalue weighted by molar-refractivity contribution is -0.117. The van der Waals surface area contributed by atoms with Crippen LogP contribution in [0.1, 0.15) is 0 Å². The van der Waals surface area contributed by atoms with E-state index in [0.29, 0.717) is 23.8 Å². The van der Waals surface area contributed by atoms with Crippen LogP contribution in [-0.2, 0) is 4.79 Å². The number of hydrogen-bond donors (Lipinski definition) is 2. The van der Waals surface area contributed by atoms with Gasteiger partial charge in [0.2, 0.25) is 5.91 Å². The second-order valence-electron chi connectivity index (χ2n) is 3.78. The molecule has 0 spiro atoms. The molecule has 1 rings (SSSR count). The first-order valence-electron chi connectivity index (χ1n) is 5.66. The summed E-state index contributed by atoms with van der Waals surface area (Å²) in [5.41, 5.74) is 0.590. The van der Waals surface area contributed by atoms with Crippen molar-refractivity contribution in [1.82, 2.24) is 4.90 Å². The Labute approximate surface area is 112 Å². The van der Waals surface area contributed by atoms with Crippen LogP contribution in [0.15, 0.2) is 36.9 Å². The number of benzene rings is 1. The van der Waals surface area contributed by atoms with Crippen LogP contribution in [0, 0.1) is 0 Å². The first-order valence-corrected chi connectivity index (χ1v) is 6.03. The lowest BCUT2D eigenvalue weighted by Crippen LogP contribution is -2.35. The van der Waals surface area contributed by atoms with Crippen LogP contribution >= 0.6 is 11.6 Å². The summed E-state index contributed by atoms with van der Waals surface area (Å²) in [5.74, 6) is -0.168. The molecule has 0 bridgehead atoms. The fourth-order valence-corrected chi connectivity index (χ4v) is 1.70. The molecule has 0 saturated heterocycles. The third-order valence-electron chi connectivity index (χ3n) is 2.32. The fraction of sp³-hybridized carbons (Fsp3) is 0.308. The van der Waals surface area contributed by atoms with Crippen molar-refractivity contribution in [2.24, 2.45) is 0 Å². The van der Waals surface area contributed by atoms with E-state index in [4.69, 9.17) is 16.7 Å². The van der Waals surface area contributed by atoms with Crippen molar-refractivity contribution in [3.05, 3.63) is 41.9 Å². The van der Waals surface area contributed by atoms with Crippen molar-refractivity contribution >= 4 is 23.2 Å². The lowest BCUT2D eigenvalue weighted by atomic mass is 10.3. The highest BCUT2D eigenvalue weighted by molar-refractivity contribution is 6.33. The normalized spacial score (nSPS) is 10.4. The van der Waals surface area contributed by atoms with Crippen molar-refractivity contribution in [2.75, 3.05) is 31.6 Å². The Balaban J connectivity index is 2.54. The van der Waals surface area contributed by atoms with Crippen LogP contribution in [0.5, 0.6) is 0 Å². The average molecular weight is 269 g/mol. The molecule has 0 aromatic heterocycles. The summed E-state index contributed by atoms with van der Waals surface area (Å²) in [5, 5.41) is 12.1. The highest BCUT2D eigenvalue weighted by atomic mass is 35.5. The number of amides is 1. The van der Waals surface area contributed by atoms with E-state index in [1.807, 2.05) is 0 Å². The van der Waals surface area contributed by atoms with E-state index in [9.17, 15) is 4.79 Å². The van der Waals surface area contributed by atoms with Gasteiger partial charge in [0.05, 0.1) is 23.9 Å². The molecular formula is C13H17ClN2O2. The van der Waals surface area contributed by atoms with Crippen molar-refractivity contribution in [2.45, 2.75) is 0 Å². The zero-order valence-electron chi connectivity index (χ0n) is 10.1. The summed E-state index contributed by atoms with van der Waals surface area (Å²) in [4.78, 5) is 13.6. The van der Waals surface area contributed by atoms with Gasteiger partial charge in [-0.05, 0) is 12.1 Å². The predicted molar refractivity (Wildman–Crippen MR) is 73.8 cm³/mol. The summed E-state index contributed by atoms with van der Waals surface area (Å²) in [6.45, 7) is 4.80. The Hall–Kier alpha value is -1.36. The highest BCUT2D eigenvalue weighted by Crippen LogP contribution is 2.20. The Bertz CT molecular complexity index is 410. The second-order valence-corrected chi connectivity index (χ2v) is 4.18. The van der Waals surface area contributed by atoms with Crippen LogP contribution in [0.2, 0.25) is 5.02 Å². The van der Waals surface area contributed by atoms with Gasteiger partial charge in [-0.3, -0.25) is 9.69 Å². The van der Waals surface area contributed by atoms with Gasteiger partial charge in [0.15, 0.2) is 0 Å². The van der Waals surface area contributed by atoms with Crippen molar-refractivity contribution < 1.29 is 9.90 Å². The number of nitrogens with zero attached hydrogens (tertiary/aromatic N) is 1. The minimum absolute atomic E-state index is 0.00716. The average Bonchev–Trinajstić information content (AvgIpc) is 2.33. The zero-order chi connectivity index (χ0) is 13.4. The molecule has 0 atom stereocenters. The quantitative estimate of drug-likeness (QED) is 0.741. The van der Waals surface area contributed by atoms with E-state index < -0.39 is 0 Å². The largest absolute Gasteiger partial charge is 0.395 e. The van der Waals surface area contributed by atoms with Crippen LogP contribution < -0.4 is 5.32 Å². The summed E-state index contributed by atoms with van der Waals surface area (Å²) in [6.07, 6.45) is 1.69. The maximum atomic E-state index is 11.8. The monoisotopic (exact) mass is 268 g/mol. The molecule has 0 saturated carbocycles. The molecule has 4 nitrogen and oxygen atoms in total. The van der Waals surface area contributed by atoms with Gasteiger partial charge in [-0.1, -0.05) is 29.8 Å². The number of rotatable bonds is 7. The molecule has 0 unspecified atom stereocenters. The maximum absolute atomic E-state index is 11.8. The van der Waals surface area contributed by atoms with Crippen LogP contribution in [0.4, 0.5) is 5.69 Å². The lowest BCUT2D eigenvalue weighted by Gasteiger charge is -2.18. The molecular weight excluding hydrogens is 252 g/mol. The Morgan fingerprint density at radius 2 is 2.22 bits per heavy atom. The Morgan fingerprint density at radius 1 is 1.50 bits per heavy atom. The van der Waals surface area contributed by atoms with E-state index >= 15 is 0 Å². The maximum Gasteiger partial charge on any atom is 0.238 e. The van der Waals surface area contributed by atoms with Crippen molar-refractivity contribution in [3.8, 4) is 0 Å². The predicted octanol–water partition coefficient (Wildman–Crippen LogP) is 1.76. The molecule has 1 aromatic rings. The molecule has 18 heavy (non-hydrogen) atoms. The van der Waals surface area contributed by atoms with Crippen LogP contribution in [0.25, 0.3) is 0 Å². The molecule has 98 valence electrons. The molecule has 0 aliphatic rings. The number of aliphatic hydroxyl groups is 1. The number of anilines is 1. The minimum Gasteiger partial charge on any atom is -0.395 e. The summed E-state index contributed by atoms with van der Waals surface area (Å²) >= 11 is 5.94. The highest BCUT2D eigenvalue weighted by Gasteiger charge is 2.10. The van der Waals surface area contributed by atoms with Gasteiger partial charge in [0.1, 0.15) is 0 Å². The van der Waals surface area contributed by atoms with E-state index in [-0.39, 0.29) is 19.1 Å². The van der Waals surface area contributed by atoms with Gasteiger partial charge in [0, 0.05) is 13.1 Å². The summed E-state index contributed by atoms with van der Waals surface area (Å²) in [6, 6.07) is 7.06. The standard InChI is InChI=1S/C13H17ClN2O2/c1-2-7-16(8-9-17)10-13(18)15-12-6-4-3-5-11(12)14/h2-6,17H,1,7-10H2,(H,15,18). The fourth-order valence-electron chi connectivity index (χ4n) is 1.51. The van der Waals surface area contributed by atoms with Crippen molar-refractivity contribution in [3.63, 3.8) is 0 Å². The van der Waals surface area contributed by atoms with E-state index in [0.717, 1.165) is 0 Å². The summed E-state index contributed by atoms with van der Waals surface area (Å²) < 4.78 is 0. The Morgan fingerprint density at radius 3 is 2.83 bits per heavy atom. The number of para-hydroxylation sites is 1. The van der Waals surface area contributed by atoms with E-state index in [1.165, 1.54) is 0 Å². The zero-order valence-corrected chi connectivity index (χ0v) is 10.9. The SMILES string of the molecule is C=CCN(CCO)CC(=O)Nc1ccccc1Cl. The van der Waals surface area contributed by atoms with Gasteiger partial charge in [0.25, 0.3) is 0 Å². The minimum atomic E-state index is -0.168. The van der Waals surface area contributed by atoms with Crippen LogP contribution in [0.3, 0.4) is 0 Å². The molecule has 0 aliphatic carbocycles. The van der Waals surface area contributed by atoms with Gasteiger partial charge in [-0.2, -0.15) is 0 Å². The van der Waals surface area contributed by atoms with E-state index in [1.54, 1.807) is 35.2 Å². The molecule has 1 aromatic carbocycles. The third kappa shape index (κ3) is 4.87. The van der Waals surface area contributed by atoms with Crippen molar-refractivity contribution in [1.29, 1.82) is 0 Å². The first-order chi connectivity index (χ1) is 8.67. The molecule has 5 heteroatoms. The molecule has 1 amide bonds. The number of carbonyl (C=O) groups excluding carboxylic acids is 1. The second kappa shape index (κ2) is 7.87. The number of hydrogen-bond acceptors (Lipinski definition) is 3. The summed E-state index contributed by atoms with van der Waals surface area (Å²) in [7, 11) is 0. The topological polar surface area (TPSA) is 52.6 Å².